The van der Waals surface area contributed by atoms with Crippen LogP contribution >= 0.6 is 0 Å². The van der Waals surface area contributed by atoms with Crippen LogP contribution in [0.2, 0.25) is 0 Å². The highest BCUT2D eigenvalue weighted by Crippen LogP contribution is 2.32. The molecule has 0 aromatic heterocycles. The number of halogens is 4. The molecule has 0 heterocycles. The van der Waals surface area contributed by atoms with Crippen molar-refractivity contribution >= 4 is 5.97 Å². The Bertz CT molecular complexity index is 426. The molecule has 0 radical (unpaired) electrons. The maximum atomic E-state index is 13.3. The molecule has 1 rings (SSSR count). The Kier molecular flexibility index (Phi) is 3.75. The number of carbonyl (C=O) groups is 1. The summed E-state index contributed by atoms with van der Waals surface area (Å²) in [7, 11) is 1.09. The number of benzene rings is 1. The van der Waals surface area contributed by atoms with E-state index < -0.39 is 29.4 Å². The van der Waals surface area contributed by atoms with Crippen molar-refractivity contribution in [1.29, 1.82) is 0 Å². The van der Waals surface area contributed by atoms with Crippen molar-refractivity contribution < 1.29 is 27.1 Å². The molecular formula is C11H10F4O2. The van der Waals surface area contributed by atoms with E-state index in [1.165, 1.54) is 6.92 Å². The molecule has 6 heteroatoms. The Balaban J connectivity index is 3.20. The second-order valence-corrected chi connectivity index (χ2v) is 3.48. The molecule has 0 bridgehead atoms. The SMILES string of the molecule is COC(=O)C(C)c1cc(C(F)(F)F)ccc1F. The van der Waals surface area contributed by atoms with Crippen molar-refractivity contribution in [2.24, 2.45) is 0 Å². The maximum Gasteiger partial charge on any atom is 0.416 e. The monoisotopic (exact) mass is 250 g/mol. The standard InChI is InChI=1S/C11H10F4O2/c1-6(10(16)17-2)8-5-7(11(13,14)15)3-4-9(8)12/h3-6H,1-2H3. The second kappa shape index (κ2) is 4.73. The van der Waals surface area contributed by atoms with E-state index in [1.54, 1.807) is 0 Å². The maximum absolute atomic E-state index is 13.3. The summed E-state index contributed by atoms with van der Waals surface area (Å²) < 4.78 is 54.9. The van der Waals surface area contributed by atoms with Gasteiger partial charge in [-0.15, -0.1) is 0 Å². The third-order valence-corrected chi connectivity index (χ3v) is 2.34. The third-order valence-electron chi connectivity index (χ3n) is 2.34. The average Bonchev–Trinajstić information content (AvgIpc) is 2.26. The predicted molar refractivity (Wildman–Crippen MR) is 51.8 cm³/mol. The van der Waals surface area contributed by atoms with Crippen LogP contribution in [0.1, 0.15) is 24.0 Å². The summed E-state index contributed by atoms with van der Waals surface area (Å²) in [6.07, 6.45) is -4.57. The van der Waals surface area contributed by atoms with E-state index in [2.05, 4.69) is 4.74 Å². The Morgan fingerprint density at radius 2 is 1.94 bits per heavy atom. The van der Waals surface area contributed by atoms with Crippen LogP contribution in [0.4, 0.5) is 17.6 Å². The number of hydrogen-bond acceptors (Lipinski definition) is 2. The lowest BCUT2D eigenvalue weighted by Crippen LogP contribution is -2.14. The average molecular weight is 250 g/mol. The molecule has 1 unspecified atom stereocenters. The molecule has 0 saturated heterocycles. The minimum Gasteiger partial charge on any atom is -0.469 e. The van der Waals surface area contributed by atoms with Crippen LogP contribution in [0.3, 0.4) is 0 Å². The van der Waals surface area contributed by atoms with Crippen LogP contribution in [-0.4, -0.2) is 13.1 Å². The van der Waals surface area contributed by atoms with Gasteiger partial charge in [-0.3, -0.25) is 4.79 Å². The summed E-state index contributed by atoms with van der Waals surface area (Å²) in [6, 6.07) is 1.94. The number of carbonyl (C=O) groups excluding carboxylic acids is 1. The van der Waals surface area contributed by atoms with Gasteiger partial charge in [-0.1, -0.05) is 0 Å². The number of esters is 1. The summed E-state index contributed by atoms with van der Waals surface area (Å²) in [6.45, 7) is 1.28. The number of alkyl halides is 3. The molecule has 1 atom stereocenters. The highest BCUT2D eigenvalue weighted by Gasteiger charge is 2.32. The molecule has 0 aliphatic rings. The molecule has 0 aliphatic heterocycles. The Morgan fingerprint density at radius 3 is 2.41 bits per heavy atom. The quantitative estimate of drug-likeness (QED) is 0.595. The molecule has 0 fully saturated rings. The van der Waals surface area contributed by atoms with Crippen LogP contribution < -0.4 is 0 Å². The van der Waals surface area contributed by atoms with E-state index in [-0.39, 0.29) is 5.56 Å². The van der Waals surface area contributed by atoms with Crippen molar-refractivity contribution in [1.82, 2.24) is 0 Å². The zero-order chi connectivity index (χ0) is 13.2. The lowest BCUT2D eigenvalue weighted by molar-refractivity contribution is -0.142. The van der Waals surface area contributed by atoms with E-state index in [0.717, 1.165) is 7.11 Å². The molecule has 1 aromatic rings. The molecule has 0 aliphatic carbocycles. The van der Waals surface area contributed by atoms with E-state index in [9.17, 15) is 22.4 Å². The fourth-order valence-corrected chi connectivity index (χ4v) is 1.36. The highest BCUT2D eigenvalue weighted by atomic mass is 19.4. The molecule has 2 nitrogen and oxygen atoms in total. The highest BCUT2D eigenvalue weighted by molar-refractivity contribution is 5.77. The number of rotatable bonds is 2. The first-order chi connectivity index (χ1) is 7.77. The van der Waals surface area contributed by atoms with Crippen LogP contribution in [0.15, 0.2) is 18.2 Å². The first kappa shape index (κ1) is 13.5. The van der Waals surface area contributed by atoms with Gasteiger partial charge in [-0.05, 0) is 25.1 Å². The van der Waals surface area contributed by atoms with Crippen molar-refractivity contribution in [2.75, 3.05) is 7.11 Å². The van der Waals surface area contributed by atoms with Gasteiger partial charge >= 0.3 is 12.1 Å². The minimum atomic E-state index is -4.57. The fourth-order valence-electron chi connectivity index (χ4n) is 1.36. The van der Waals surface area contributed by atoms with Gasteiger partial charge in [0.25, 0.3) is 0 Å². The van der Waals surface area contributed by atoms with Crippen molar-refractivity contribution in [2.45, 2.75) is 19.0 Å². The molecule has 0 spiro atoms. The number of hydrogen-bond donors (Lipinski definition) is 0. The zero-order valence-corrected chi connectivity index (χ0v) is 9.14. The molecule has 0 N–H and O–H groups in total. The predicted octanol–water partition coefficient (Wildman–Crippen LogP) is 3.12. The van der Waals surface area contributed by atoms with Crippen molar-refractivity contribution in [3.05, 3.63) is 35.1 Å². The van der Waals surface area contributed by atoms with Crippen molar-refractivity contribution in [3.63, 3.8) is 0 Å². The van der Waals surface area contributed by atoms with Crippen molar-refractivity contribution in [3.8, 4) is 0 Å². The Labute approximate surface area is 95.2 Å². The number of ether oxygens (including phenoxy) is 1. The van der Waals surface area contributed by atoms with Gasteiger partial charge in [0.05, 0.1) is 18.6 Å². The van der Waals surface area contributed by atoms with Gasteiger partial charge in [-0.2, -0.15) is 13.2 Å². The van der Waals surface area contributed by atoms with Crippen LogP contribution in [-0.2, 0) is 15.7 Å². The van der Waals surface area contributed by atoms with Gasteiger partial charge in [0, 0.05) is 5.56 Å². The topological polar surface area (TPSA) is 26.3 Å². The molecule has 0 saturated carbocycles. The fraction of sp³-hybridized carbons (Fsp3) is 0.364. The summed E-state index contributed by atoms with van der Waals surface area (Å²) in [5, 5.41) is 0. The first-order valence-electron chi connectivity index (χ1n) is 4.72. The smallest absolute Gasteiger partial charge is 0.416 e. The number of methoxy groups -OCH3 is 1. The van der Waals surface area contributed by atoms with Gasteiger partial charge in [0.15, 0.2) is 0 Å². The lowest BCUT2D eigenvalue weighted by atomic mass is 9.98. The van der Waals surface area contributed by atoms with E-state index in [1.807, 2.05) is 0 Å². The van der Waals surface area contributed by atoms with Gasteiger partial charge in [0.2, 0.25) is 0 Å². The summed E-state index contributed by atoms with van der Waals surface area (Å²) in [5.74, 6) is -2.73. The molecular weight excluding hydrogens is 240 g/mol. The lowest BCUT2D eigenvalue weighted by Gasteiger charge is -2.13. The minimum absolute atomic E-state index is 0.327. The summed E-state index contributed by atoms with van der Waals surface area (Å²) >= 11 is 0. The van der Waals surface area contributed by atoms with Crippen LogP contribution in [0.5, 0.6) is 0 Å². The Morgan fingerprint density at radius 1 is 1.35 bits per heavy atom. The van der Waals surface area contributed by atoms with Gasteiger partial charge < -0.3 is 4.74 Å². The molecule has 94 valence electrons. The molecule has 0 amide bonds. The first-order valence-corrected chi connectivity index (χ1v) is 4.72. The second-order valence-electron chi connectivity index (χ2n) is 3.48. The van der Waals surface area contributed by atoms with E-state index in [4.69, 9.17) is 0 Å². The zero-order valence-electron chi connectivity index (χ0n) is 9.14. The normalized spacial score (nSPS) is 13.3. The molecule has 17 heavy (non-hydrogen) atoms. The van der Waals surface area contributed by atoms with Gasteiger partial charge in [-0.25, -0.2) is 4.39 Å². The summed E-state index contributed by atoms with van der Waals surface area (Å²) in [4.78, 5) is 11.2. The van der Waals surface area contributed by atoms with E-state index >= 15 is 0 Å². The molecule has 1 aromatic carbocycles. The third kappa shape index (κ3) is 2.95. The summed E-state index contributed by atoms with van der Waals surface area (Å²) in [5.41, 5.74) is -1.32. The van der Waals surface area contributed by atoms with Crippen LogP contribution in [0.25, 0.3) is 0 Å². The Hall–Kier alpha value is -1.59. The largest absolute Gasteiger partial charge is 0.469 e. The van der Waals surface area contributed by atoms with Crippen LogP contribution in [0, 0.1) is 5.82 Å². The van der Waals surface area contributed by atoms with Gasteiger partial charge in [0.1, 0.15) is 5.82 Å². The van der Waals surface area contributed by atoms with E-state index in [0.29, 0.717) is 18.2 Å².